The van der Waals surface area contributed by atoms with Crippen LogP contribution in [0.3, 0.4) is 0 Å². The maximum Gasteiger partial charge on any atom is 0.0687 e. The second-order valence-corrected chi connectivity index (χ2v) is 4.86. The van der Waals surface area contributed by atoms with Crippen molar-refractivity contribution in [1.29, 1.82) is 0 Å². The molecule has 0 radical (unpaired) electrons. The molecule has 0 aliphatic heterocycles. The first-order chi connectivity index (χ1) is 10.3. The first kappa shape index (κ1) is 13.5. The summed E-state index contributed by atoms with van der Waals surface area (Å²) in [4.78, 5) is 0. The number of benzene rings is 2. The number of aromatic amines is 1. The fraction of sp³-hybridized carbons (Fsp3) is 0.118. The normalized spacial score (nSPS) is 10.8. The molecular formula is C17H16N2O2. The Hall–Kier alpha value is -2.43. The summed E-state index contributed by atoms with van der Waals surface area (Å²) >= 11 is 0. The number of aliphatic hydroxyl groups is 2. The second-order valence-electron chi connectivity index (χ2n) is 4.86. The van der Waals surface area contributed by atoms with E-state index in [-0.39, 0.29) is 13.2 Å². The standard InChI is InChI=1S/C17H16N2O2/c20-10-12-1-6-16(15(9-12)11-21)13-2-4-14(5-3-13)17-7-8-18-19-17/h1-9,20-21H,10-11H2,(H,18,19). The average molecular weight is 280 g/mol. The van der Waals surface area contributed by atoms with Crippen molar-refractivity contribution < 1.29 is 10.2 Å². The van der Waals surface area contributed by atoms with Crippen molar-refractivity contribution in [3.8, 4) is 22.4 Å². The number of rotatable bonds is 4. The lowest BCUT2D eigenvalue weighted by Gasteiger charge is -2.10. The fourth-order valence-corrected chi connectivity index (χ4v) is 2.40. The monoisotopic (exact) mass is 280 g/mol. The molecule has 3 N–H and O–H groups in total. The maximum absolute atomic E-state index is 9.51. The third kappa shape index (κ3) is 2.72. The quantitative estimate of drug-likeness (QED) is 0.688. The van der Waals surface area contributed by atoms with Gasteiger partial charge in [-0.25, -0.2) is 0 Å². The summed E-state index contributed by atoms with van der Waals surface area (Å²) in [6, 6.07) is 15.6. The largest absolute Gasteiger partial charge is 0.392 e. The zero-order chi connectivity index (χ0) is 14.7. The summed E-state index contributed by atoms with van der Waals surface area (Å²) in [6.07, 6.45) is 1.72. The lowest BCUT2D eigenvalue weighted by molar-refractivity contribution is 0.276. The number of hydrogen-bond acceptors (Lipinski definition) is 3. The van der Waals surface area contributed by atoms with E-state index in [2.05, 4.69) is 10.2 Å². The molecule has 2 aromatic carbocycles. The van der Waals surface area contributed by atoms with Gasteiger partial charge in [0, 0.05) is 6.20 Å². The molecule has 0 fully saturated rings. The zero-order valence-electron chi connectivity index (χ0n) is 11.5. The average Bonchev–Trinajstić information content (AvgIpc) is 3.09. The summed E-state index contributed by atoms with van der Waals surface area (Å²) in [7, 11) is 0. The van der Waals surface area contributed by atoms with Gasteiger partial charge in [0.2, 0.25) is 0 Å². The van der Waals surface area contributed by atoms with Gasteiger partial charge in [0.1, 0.15) is 0 Å². The zero-order valence-corrected chi connectivity index (χ0v) is 11.5. The Morgan fingerprint density at radius 2 is 1.62 bits per heavy atom. The predicted molar refractivity (Wildman–Crippen MR) is 81.3 cm³/mol. The molecule has 0 saturated heterocycles. The first-order valence-electron chi connectivity index (χ1n) is 6.75. The molecule has 0 aliphatic rings. The lowest BCUT2D eigenvalue weighted by atomic mass is 9.97. The van der Waals surface area contributed by atoms with Gasteiger partial charge in [-0.3, -0.25) is 5.10 Å². The molecule has 0 spiro atoms. The fourth-order valence-electron chi connectivity index (χ4n) is 2.40. The van der Waals surface area contributed by atoms with Crippen LogP contribution in [0.1, 0.15) is 11.1 Å². The van der Waals surface area contributed by atoms with E-state index >= 15 is 0 Å². The molecule has 3 aromatic rings. The molecule has 106 valence electrons. The molecule has 4 heteroatoms. The highest BCUT2D eigenvalue weighted by Gasteiger charge is 2.06. The van der Waals surface area contributed by atoms with Gasteiger partial charge in [0.05, 0.1) is 18.9 Å². The van der Waals surface area contributed by atoms with Crippen LogP contribution in [0.4, 0.5) is 0 Å². The van der Waals surface area contributed by atoms with E-state index in [0.717, 1.165) is 33.5 Å². The lowest BCUT2D eigenvalue weighted by Crippen LogP contribution is -1.93. The molecule has 4 nitrogen and oxygen atoms in total. The van der Waals surface area contributed by atoms with Gasteiger partial charge in [-0.1, -0.05) is 42.5 Å². The van der Waals surface area contributed by atoms with Gasteiger partial charge in [-0.05, 0) is 33.9 Å². The van der Waals surface area contributed by atoms with Crippen molar-refractivity contribution in [1.82, 2.24) is 10.2 Å². The Bertz CT molecular complexity index is 719. The van der Waals surface area contributed by atoms with E-state index in [9.17, 15) is 10.2 Å². The van der Waals surface area contributed by atoms with E-state index in [0.29, 0.717) is 0 Å². The minimum absolute atomic E-state index is 0.0218. The Kier molecular flexibility index (Phi) is 3.81. The number of nitrogens with one attached hydrogen (secondary N) is 1. The molecule has 0 aliphatic carbocycles. The number of H-pyrrole nitrogens is 1. The minimum Gasteiger partial charge on any atom is -0.392 e. The summed E-state index contributed by atoms with van der Waals surface area (Å²) in [5.74, 6) is 0. The topological polar surface area (TPSA) is 69.1 Å². The molecule has 0 atom stereocenters. The molecule has 3 rings (SSSR count). The Morgan fingerprint density at radius 3 is 2.24 bits per heavy atom. The molecule has 21 heavy (non-hydrogen) atoms. The van der Waals surface area contributed by atoms with E-state index in [1.54, 1.807) is 6.20 Å². The molecule has 0 unspecified atom stereocenters. The van der Waals surface area contributed by atoms with Crippen molar-refractivity contribution in [2.75, 3.05) is 0 Å². The van der Waals surface area contributed by atoms with Gasteiger partial charge in [0.25, 0.3) is 0 Å². The number of aliphatic hydroxyl groups excluding tert-OH is 2. The maximum atomic E-state index is 9.51. The van der Waals surface area contributed by atoms with Crippen molar-refractivity contribution in [2.45, 2.75) is 13.2 Å². The van der Waals surface area contributed by atoms with Gasteiger partial charge < -0.3 is 10.2 Å². The highest BCUT2D eigenvalue weighted by molar-refractivity contribution is 5.71. The van der Waals surface area contributed by atoms with Gasteiger partial charge in [0.15, 0.2) is 0 Å². The molecule has 1 aromatic heterocycles. The summed E-state index contributed by atoms with van der Waals surface area (Å²) < 4.78 is 0. The highest BCUT2D eigenvalue weighted by Crippen LogP contribution is 2.27. The third-order valence-corrected chi connectivity index (χ3v) is 3.53. The molecule has 1 heterocycles. The van der Waals surface area contributed by atoms with Crippen LogP contribution in [-0.2, 0) is 13.2 Å². The molecule has 0 bridgehead atoms. The summed E-state index contributed by atoms with van der Waals surface area (Å²) in [6.45, 7) is -0.0719. The highest BCUT2D eigenvalue weighted by atomic mass is 16.3. The molecule has 0 amide bonds. The van der Waals surface area contributed by atoms with Crippen LogP contribution in [-0.4, -0.2) is 20.4 Å². The predicted octanol–water partition coefficient (Wildman–Crippen LogP) is 2.73. The van der Waals surface area contributed by atoms with Crippen LogP contribution in [0.25, 0.3) is 22.4 Å². The molecular weight excluding hydrogens is 264 g/mol. The van der Waals surface area contributed by atoms with Crippen LogP contribution < -0.4 is 0 Å². The minimum atomic E-state index is -0.0501. The Labute approximate surface area is 122 Å². The molecule has 0 saturated carbocycles. The summed E-state index contributed by atoms with van der Waals surface area (Å²) in [5.41, 5.74) is 5.67. The third-order valence-electron chi connectivity index (χ3n) is 3.53. The van der Waals surface area contributed by atoms with E-state index in [1.165, 1.54) is 0 Å². The Morgan fingerprint density at radius 1 is 0.857 bits per heavy atom. The first-order valence-corrected chi connectivity index (χ1v) is 6.75. The van der Waals surface area contributed by atoms with Crippen LogP contribution in [0.5, 0.6) is 0 Å². The summed E-state index contributed by atoms with van der Waals surface area (Å²) in [5, 5.41) is 25.6. The Balaban J connectivity index is 1.97. The van der Waals surface area contributed by atoms with E-state index < -0.39 is 0 Å². The van der Waals surface area contributed by atoms with Crippen LogP contribution in [0.2, 0.25) is 0 Å². The second kappa shape index (κ2) is 5.91. The number of hydrogen-bond donors (Lipinski definition) is 3. The number of aromatic nitrogens is 2. The van der Waals surface area contributed by atoms with E-state index in [1.807, 2.05) is 48.5 Å². The van der Waals surface area contributed by atoms with Crippen molar-refractivity contribution in [3.05, 3.63) is 65.9 Å². The van der Waals surface area contributed by atoms with Crippen LogP contribution >= 0.6 is 0 Å². The van der Waals surface area contributed by atoms with Gasteiger partial charge in [-0.2, -0.15) is 5.10 Å². The van der Waals surface area contributed by atoms with E-state index in [4.69, 9.17) is 0 Å². The van der Waals surface area contributed by atoms with Crippen LogP contribution in [0.15, 0.2) is 54.7 Å². The smallest absolute Gasteiger partial charge is 0.0687 e. The van der Waals surface area contributed by atoms with Crippen molar-refractivity contribution in [2.24, 2.45) is 0 Å². The van der Waals surface area contributed by atoms with Crippen LogP contribution in [0, 0.1) is 0 Å². The van der Waals surface area contributed by atoms with Crippen molar-refractivity contribution in [3.63, 3.8) is 0 Å². The van der Waals surface area contributed by atoms with Crippen molar-refractivity contribution >= 4 is 0 Å². The van der Waals surface area contributed by atoms with Gasteiger partial charge in [-0.15, -0.1) is 0 Å². The van der Waals surface area contributed by atoms with Gasteiger partial charge >= 0.3 is 0 Å². The number of nitrogens with zero attached hydrogens (tertiary/aromatic N) is 1. The SMILES string of the molecule is OCc1ccc(-c2ccc(-c3ccn[nH]3)cc2)c(CO)c1.